The summed E-state index contributed by atoms with van der Waals surface area (Å²) in [4.78, 5) is 2.56. The van der Waals surface area contributed by atoms with E-state index in [2.05, 4.69) is 54.3 Å². The number of piperidine rings is 1. The first-order valence-corrected chi connectivity index (χ1v) is 10.3. The fraction of sp³-hybridized carbons (Fsp3) is 0.500. The molecule has 2 aliphatic rings. The number of fused-ring (bicyclic) bond motifs is 1. The standard InChI is InChI=1S/C24H31NO2/c1-18-10-12-19(13-11-18)17-25-16-15-24(26)14-6-5-8-21(24)23(25)20-7-3-4-9-22(20)27-2/h3-4,7,9-13,21,23,26H,5-6,8,14-17H2,1-2H3/t21-,23-,24-/m0/s1. The summed E-state index contributed by atoms with van der Waals surface area (Å²) in [5, 5.41) is 11.4. The maximum Gasteiger partial charge on any atom is 0.123 e. The highest BCUT2D eigenvalue weighted by molar-refractivity contribution is 5.37. The van der Waals surface area contributed by atoms with Gasteiger partial charge in [-0.1, -0.05) is 60.9 Å². The molecule has 1 saturated heterocycles. The van der Waals surface area contributed by atoms with Crippen LogP contribution in [-0.4, -0.2) is 29.3 Å². The third-order valence-corrected chi connectivity index (χ3v) is 6.64. The first-order chi connectivity index (χ1) is 13.1. The van der Waals surface area contributed by atoms with Gasteiger partial charge in [0.05, 0.1) is 12.7 Å². The number of nitrogens with zero attached hydrogens (tertiary/aromatic N) is 1. The van der Waals surface area contributed by atoms with Gasteiger partial charge in [-0.25, -0.2) is 0 Å². The lowest BCUT2D eigenvalue weighted by molar-refractivity contribution is -0.126. The minimum Gasteiger partial charge on any atom is -0.496 e. The van der Waals surface area contributed by atoms with Crippen molar-refractivity contribution < 1.29 is 9.84 Å². The highest BCUT2D eigenvalue weighted by Crippen LogP contribution is 2.51. The van der Waals surface area contributed by atoms with Crippen LogP contribution in [0.1, 0.15) is 54.8 Å². The summed E-state index contributed by atoms with van der Waals surface area (Å²) in [5.74, 6) is 1.20. The van der Waals surface area contributed by atoms with Crippen molar-refractivity contribution in [2.45, 2.75) is 57.2 Å². The second-order valence-electron chi connectivity index (χ2n) is 8.35. The summed E-state index contributed by atoms with van der Waals surface area (Å²) >= 11 is 0. The van der Waals surface area contributed by atoms with Gasteiger partial charge >= 0.3 is 0 Å². The lowest BCUT2D eigenvalue weighted by Crippen LogP contribution is -2.54. The summed E-state index contributed by atoms with van der Waals surface area (Å²) < 4.78 is 5.72. The normalized spacial score (nSPS) is 28.6. The number of aliphatic hydroxyl groups is 1. The molecule has 2 fully saturated rings. The number of para-hydroxylation sites is 1. The first-order valence-electron chi connectivity index (χ1n) is 10.3. The third kappa shape index (κ3) is 3.63. The molecule has 0 radical (unpaired) electrons. The molecule has 1 heterocycles. The minimum atomic E-state index is -0.534. The van der Waals surface area contributed by atoms with Crippen LogP contribution in [-0.2, 0) is 6.54 Å². The zero-order valence-corrected chi connectivity index (χ0v) is 16.5. The number of aryl methyl sites for hydroxylation is 1. The Balaban J connectivity index is 1.71. The zero-order valence-electron chi connectivity index (χ0n) is 16.5. The Hall–Kier alpha value is -1.84. The molecule has 3 atom stereocenters. The molecule has 2 aromatic rings. The lowest BCUT2D eigenvalue weighted by atomic mass is 9.66. The molecule has 3 heteroatoms. The smallest absolute Gasteiger partial charge is 0.123 e. The van der Waals surface area contributed by atoms with Gasteiger partial charge in [-0.15, -0.1) is 0 Å². The molecule has 1 N–H and O–H groups in total. The Morgan fingerprint density at radius 2 is 1.85 bits per heavy atom. The Morgan fingerprint density at radius 1 is 1.07 bits per heavy atom. The molecule has 1 saturated carbocycles. The molecule has 0 bridgehead atoms. The maximum absolute atomic E-state index is 11.4. The van der Waals surface area contributed by atoms with Crippen LogP contribution >= 0.6 is 0 Å². The van der Waals surface area contributed by atoms with Crippen molar-refractivity contribution in [3.63, 3.8) is 0 Å². The van der Waals surface area contributed by atoms with Crippen molar-refractivity contribution in [2.75, 3.05) is 13.7 Å². The van der Waals surface area contributed by atoms with Crippen molar-refractivity contribution in [3.8, 4) is 5.75 Å². The fourth-order valence-corrected chi connectivity index (χ4v) is 5.17. The first kappa shape index (κ1) is 18.5. The number of benzene rings is 2. The molecule has 27 heavy (non-hydrogen) atoms. The Labute approximate surface area is 163 Å². The molecule has 0 unspecified atom stereocenters. The van der Waals surface area contributed by atoms with E-state index in [0.717, 1.165) is 44.5 Å². The molecular weight excluding hydrogens is 334 g/mol. The molecule has 2 aromatic carbocycles. The quantitative estimate of drug-likeness (QED) is 0.839. The maximum atomic E-state index is 11.4. The zero-order chi connectivity index (χ0) is 18.9. The summed E-state index contributed by atoms with van der Waals surface area (Å²) in [6.45, 7) is 3.96. The minimum absolute atomic E-state index is 0.196. The number of rotatable bonds is 4. The average molecular weight is 366 g/mol. The van der Waals surface area contributed by atoms with E-state index >= 15 is 0 Å². The van der Waals surface area contributed by atoms with E-state index in [9.17, 15) is 5.11 Å². The van der Waals surface area contributed by atoms with Gasteiger partial charge in [0.15, 0.2) is 0 Å². The van der Waals surface area contributed by atoms with Gasteiger partial charge in [-0.2, -0.15) is 0 Å². The van der Waals surface area contributed by atoms with Gasteiger partial charge in [0.2, 0.25) is 0 Å². The number of ether oxygens (including phenoxy) is 1. The second kappa shape index (κ2) is 7.65. The topological polar surface area (TPSA) is 32.7 Å². The van der Waals surface area contributed by atoms with E-state index in [4.69, 9.17) is 4.74 Å². The highest BCUT2D eigenvalue weighted by atomic mass is 16.5. The molecule has 1 aliphatic heterocycles. The van der Waals surface area contributed by atoms with Gasteiger partial charge < -0.3 is 9.84 Å². The summed E-state index contributed by atoms with van der Waals surface area (Å²) in [5.41, 5.74) is 3.31. The van der Waals surface area contributed by atoms with E-state index in [1.807, 2.05) is 6.07 Å². The van der Waals surface area contributed by atoms with Crippen molar-refractivity contribution in [3.05, 3.63) is 65.2 Å². The SMILES string of the molecule is COc1ccccc1[C@H]1[C@@H]2CCCC[C@]2(O)CCN1Cc1ccc(C)cc1. The van der Waals surface area contributed by atoms with Gasteiger partial charge in [0.25, 0.3) is 0 Å². The molecule has 0 spiro atoms. The Morgan fingerprint density at radius 3 is 2.63 bits per heavy atom. The van der Waals surface area contributed by atoms with Crippen molar-refractivity contribution >= 4 is 0 Å². The van der Waals surface area contributed by atoms with Gasteiger partial charge in [0.1, 0.15) is 5.75 Å². The van der Waals surface area contributed by atoms with E-state index in [1.54, 1.807) is 7.11 Å². The third-order valence-electron chi connectivity index (χ3n) is 6.64. The predicted octanol–water partition coefficient (Wildman–Crippen LogP) is 4.87. The van der Waals surface area contributed by atoms with Crippen LogP contribution < -0.4 is 4.74 Å². The Kier molecular flexibility index (Phi) is 5.25. The van der Waals surface area contributed by atoms with Crippen LogP contribution in [0.5, 0.6) is 5.75 Å². The van der Waals surface area contributed by atoms with Crippen LogP contribution in [0.2, 0.25) is 0 Å². The lowest BCUT2D eigenvalue weighted by Gasteiger charge is -2.53. The second-order valence-corrected chi connectivity index (χ2v) is 8.35. The van der Waals surface area contributed by atoms with Crippen LogP contribution in [0.4, 0.5) is 0 Å². The van der Waals surface area contributed by atoms with E-state index in [-0.39, 0.29) is 12.0 Å². The molecule has 0 amide bonds. The monoisotopic (exact) mass is 365 g/mol. The number of likely N-dealkylation sites (tertiary alicyclic amines) is 1. The van der Waals surface area contributed by atoms with Gasteiger partial charge in [-0.3, -0.25) is 4.90 Å². The van der Waals surface area contributed by atoms with Gasteiger partial charge in [0, 0.05) is 30.6 Å². The molecule has 3 nitrogen and oxygen atoms in total. The molecule has 4 rings (SSSR count). The van der Waals surface area contributed by atoms with Crippen LogP contribution in [0.15, 0.2) is 48.5 Å². The highest BCUT2D eigenvalue weighted by Gasteiger charge is 2.49. The molecule has 1 aliphatic carbocycles. The summed E-state index contributed by atoms with van der Waals surface area (Å²) in [6.07, 6.45) is 5.24. The van der Waals surface area contributed by atoms with Crippen molar-refractivity contribution in [1.29, 1.82) is 0 Å². The van der Waals surface area contributed by atoms with Crippen molar-refractivity contribution in [1.82, 2.24) is 4.90 Å². The molecule has 0 aromatic heterocycles. The average Bonchev–Trinajstić information content (AvgIpc) is 2.69. The Bertz CT molecular complexity index is 772. The largest absolute Gasteiger partial charge is 0.496 e. The fourth-order valence-electron chi connectivity index (χ4n) is 5.17. The number of methoxy groups -OCH3 is 1. The van der Waals surface area contributed by atoms with E-state index < -0.39 is 5.60 Å². The summed E-state index contributed by atoms with van der Waals surface area (Å²) in [7, 11) is 1.75. The number of hydrogen-bond acceptors (Lipinski definition) is 3. The summed E-state index contributed by atoms with van der Waals surface area (Å²) in [6, 6.07) is 17.4. The van der Waals surface area contributed by atoms with Crippen LogP contribution in [0, 0.1) is 12.8 Å². The predicted molar refractivity (Wildman–Crippen MR) is 109 cm³/mol. The van der Waals surface area contributed by atoms with Crippen LogP contribution in [0.25, 0.3) is 0 Å². The molecule has 144 valence electrons. The van der Waals surface area contributed by atoms with E-state index in [1.165, 1.54) is 23.1 Å². The molecular formula is C24H31NO2. The van der Waals surface area contributed by atoms with Crippen molar-refractivity contribution in [2.24, 2.45) is 5.92 Å². The van der Waals surface area contributed by atoms with Gasteiger partial charge in [-0.05, 0) is 37.8 Å². The van der Waals surface area contributed by atoms with E-state index in [0.29, 0.717) is 0 Å². The van der Waals surface area contributed by atoms with Crippen LogP contribution in [0.3, 0.4) is 0 Å². The number of hydrogen-bond donors (Lipinski definition) is 1.